The fourth-order valence-electron chi connectivity index (χ4n) is 21.9. The van der Waals surface area contributed by atoms with E-state index in [4.69, 9.17) is 0 Å². The van der Waals surface area contributed by atoms with Crippen molar-refractivity contribution in [3.05, 3.63) is 158 Å². The van der Waals surface area contributed by atoms with Crippen LogP contribution in [0.1, 0.15) is 291 Å². The zero-order valence-corrected chi connectivity index (χ0v) is 59.3. The molecule has 472 valence electrons. The van der Waals surface area contributed by atoms with Gasteiger partial charge in [-0.05, 0) is 241 Å². The van der Waals surface area contributed by atoms with Crippen LogP contribution < -0.4 is 0 Å². The molecule has 0 aliphatic heterocycles. The summed E-state index contributed by atoms with van der Waals surface area (Å²) in [6.45, 7) is 51.1. The van der Waals surface area contributed by atoms with E-state index in [-0.39, 0.29) is 22.7 Å². The molecule has 2 fully saturated rings. The molecule has 0 unspecified atom stereocenters. The second-order valence-electron chi connectivity index (χ2n) is 34.4. The van der Waals surface area contributed by atoms with Crippen LogP contribution in [0.25, 0.3) is 82.6 Å². The van der Waals surface area contributed by atoms with Crippen molar-refractivity contribution in [1.82, 2.24) is 4.40 Å². The molecule has 0 N–H and O–H groups in total. The van der Waals surface area contributed by atoms with Gasteiger partial charge in [-0.3, -0.25) is 9.59 Å². The third-order valence-corrected chi connectivity index (χ3v) is 28.2. The van der Waals surface area contributed by atoms with Crippen molar-refractivity contribution in [2.45, 2.75) is 248 Å². The zero-order valence-electron chi connectivity index (χ0n) is 59.3. The number of hydrogen-bond acceptors (Lipinski definition) is 2. The molecule has 0 saturated heterocycles. The molecule has 2 saturated carbocycles. The van der Waals surface area contributed by atoms with Crippen LogP contribution in [0.4, 0.5) is 0 Å². The third-order valence-electron chi connectivity index (χ3n) is 28.2. The van der Waals surface area contributed by atoms with Gasteiger partial charge in [-0.25, -0.2) is 0 Å². The number of hydrogen-bond donors (Lipinski definition) is 0. The molecule has 7 aromatic carbocycles. The fourth-order valence-corrected chi connectivity index (χ4v) is 21.9. The first kappa shape index (κ1) is 60.9. The highest BCUT2D eigenvalue weighted by molar-refractivity contribution is 6.33. The molecule has 4 bridgehead atoms. The number of aromatic nitrogens is 1. The first-order chi connectivity index (χ1) is 42.9. The monoisotopic (exact) mass is 1210 g/mol. The van der Waals surface area contributed by atoms with Crippen LogP contribution in [-0.4, -0.2) is 16.0 Å². The molecule has 91 heavy (non-hydrogen) atoms. The first-order valence-electron chi connectivity index (χ1n) is 36.0. The van der Waals surface area contributed by atoms with E-state index in [9.17, 15) is 0 Å². The summed E-state index contributed by atoms with van der Waals surface area (Å²) in [5, 5.41) is 5.14. The normalized spacial score (nSPS) is 25.4. The summed E-state index contributed by atoms with van der Waals surface area (Å²) in [4.78, 5) is 32.5. The summed E-state index contributed by atoms with van der Waals surface area (Å²) < 4.78 is 2.64. The smallest absolute Gasteiger partial charge is 0.169 e. The Balaban J connectivity index is 1.19. The number of carbonyl (C=O) groups excluding carboxylic acids is 2. The van der Waals surface area contributed by atoms with E-state index >= 15 is 9.59 Å². The molecular formula is C88H103NO2. The number of carbonyl (C=O) groups is 2. The average Bonchev–Trinajstić information content (AvgIpc) is 1.63. The molecule has 9 aromatic rings. The van der Waals surface area contributed by atoms with Gasteiger partial charge in [-0.2, -0.15) is 0 Å². The lowest BCUT2D eigenvalue weighted by atomic mass is 9.41. The lowest BCUT2D eigenvalue weighted by Gasteiger charge is -2.61. The van der Waals surface area contributed by atoms with E-state index in [1.54, 1.807) is 0 Å². The van der Waals surface area contributed by atoms with E-state index in [1.807, 2.05) is 0 Å². The van der Waals surface area contributed by atoms with Crippen molar-refractivity contribution < 1.29 is 9.59 Å². The van der Waals surface area contributed by atoms with Crippen LogP contribution >= 0.6 is 0 Å². The standard InChI is InChI=1S/C88H103NO2/c1-46(2)56-24-22-25-57(47(3)4)72(56)54-28-30-60-66(40-54)82(17,18)84(21)78-74(60)76-64-42-68-62(80(90)87(52(13)14)36-32-85(68,33-37-87)50(9)10)44-70(64)89-71-45-63-69(86(51(11)12)34-38-88(39-35-86,53(15)16)81(63)91)43-65(71)77(79(76)89)75(78)61-31-29-55(41-67(61)83(84,19)20)73-58(48(5)6)26-23-27-59(73)49(7)8/h22-31,40-53H,32-39H2,1-21H3. The maximum absolute atomic E-state index is 16.2. The third kappa shape index (κ3) is 7.35. The Labute approximate surface area is 545 Å². The van der Waals surface area contributed by atoms with Gasteiger partial charge in [-0.15, -0.1) is 0 Å². The van der Waals surface area contributed by atoms with E-state index in [0.717, 1.165) is 73.5 Å². The Morgan fingerprint density at radius 2 is 0.670 bits per heavy atom. The highest BCUT2D eigenvalue weighted by atomic mass is 16.1. The predicted molar refractivity (Wildman–Crippen MR) is 386 cm³/mol. The van der Waals surface area contributed by atoms with Crippen LogP contribution in [0.5, 0.6) is 0 Å². The second kappa shape index (κ2) is 19.6. The summed E-state index contributed by atoms with van der Waals surface area (Å²) in [6.07, 6.45) is 7.79. The molecule has 8 aliphatic rings. The molecule has 2 aromatic heterocycles. The van der Waals surface area contributed by atoms with Gasteiger partial charge in [-0.1, -0.05) is 206 Å². The van der Waals surface area contributed by atoms with Crippen LogP contribution in [0, 0.1) is 34.5 Å². The van der Waals surface area contributed by atoms with Gasteiger partial charge < -0.3 is 4.40 Å². The molecule has 0 radical (unpaired) electrons. The molecule has 0 amide bonds. The Hall–Kier alpha value is -6.32. The lowest BCUT2D eigenvalue weighted by molar-refractivity contribution is 0.0470. The number of rotatable bonds is 10. The van der Waals surface area contributed by atoms with E-state index in [2.05, 4.69) is 247 Å². The Kier molecular flexibility index (Phi) is 13.1. The van der Waals surface area contributed by atoms with Crippen LogP contribution in [-0.2, 0) is 27.1 Å². The van der Waals surface area contributed by atoms with E-state index < -0.39 is 27.1 Å². The predicted octanol–water partition coefficient (Wildman–Crippen LogP) is 24.5. The maximum atomic E-state index is 16.2. The van der Waals surface area contributed by atoms with Gasteiger partial charge in [0.2, 0.25) is 0 Å². The summed E-state index contributed by atoms with van der Waals surface area (Å²) in [7, 11) is 0. The number of nitrogens with zero attached hydrogens (tertiary/aromatic N) is 1. The van der Waals surface area contributed by atoms with Crippen molar-refractivity contribution in [2.75, 3.05) is 0 Å². The molecule has 8 aliphatic carbocycles. The highest BCUT2D eigenvalue weighted by Crippen LogP contribution is 2.71. The van der Waals surface area contributed by atoms with Crippen molar-refractivity contribution >= 4 is 49.7 Å². The largest absolute Gasteiger partial charge is 0.308 e. The fraction of sp³-hybridized carbons (Fsp3) is 0.500. The number of fused-ring (bicyclic) bond motifs is 16. The van der Waals surface area contributed by atoms with Crippen molar-refractivity contribution in [3.8, 4) is 44.5 Å². The van der Waals surface area contributed by atoms with Crippen molar-refractivity contribution in [3.63, 3.8) is 0 Å². The average molecular weight is 1210 g/mol. The second-order valence-corrected chi connectivity index (χ2v) is 34.4. The number of benzene rings is 7. The minimum absolute atomic E-state index is 0.137. The quantitative estimate of drug-likeness (QED) is 0.137. The van der Waals surface area contributed by atoms with Crippen molar-refractivity contribution in [1.29, 1.82) is 0 Å². The Bertz CT molecular complexity index is 4270. The van der Waals surface area contributed by atoms with Crippen LogP contribution in [0.2, 0.25) is 0 Å². The number of ketones is 2. The van der Waals surface area contributed by atoms with Gasteiger partial charge in [0, 0.05) is 59.7 Å². The Morgan fingerprint density at radius 1 is 0.352 bits per heavy atom. The lowest BCUT2D eigenvalue weighted by Crippen LogP contribution is -2.58. The molecule has 0 spiro atoms. The topological polar surface area (TPSA) is 38.5 Å². The van der Waals surface area contributed by atoms with E-state index in [1.165, 1.54) is 122 Å². The van der Waals surface area contributed by atoms with Crippen molar-refractivity contribution in [2.24, 2.45) is 34.5 Å². The van der Waals surface area contributed by atoms with Gasteiger partial charge in [0.05, 0.1) is 16.6 Å². The summed E-state index contributed by atoms with van der Waals surface area (Å²) in [6, 6.07) is 39.6. The van der Waals surface area contributed by atoms with E-state index in [0.29, 0.717) is 47.1 Å². The molecule has 2 heterocycles. The van der Waals surface area contributed by atoms with Gasteiger partial charge >= 0.3 is 0 Å². The zero-order chi connectivity index (χ0) is 64.8. The minimum atomic E-state index is -0.493. The van der Waals surface area contributed by atoms with Gasteiger partial charge in [0.25, 0.3) is 0 Å². The molecule has 3 heteroatoms. The summed E-state index contributed by atoms with van der Waals surface area (Å²) >= 11 is 0. The first-order valence-corrected chi connectivity index (χ1v) is 36.0. The maximum Gasteiger partial charge on any atom is 0.169 e. The van der Waals surface area contributed by atoms with Crippen LogP contribution in [0.15, 0.2) is 97.1 Å². The number of Topliss-reactive ketones (excluding diaryl/α,β-unsaturated/α-hetero) is 2. The summed E-state index contributed by atoms with van der Waals surface area (Å²) in [5.74, 6) is 3.23. The highest BCUT2D eigenvalue weighted by Gasteiger charge is 2.63. The molecule has 17 rings (SSSR count). The summed E-state index contributed by atoms with van der Waals surface area (Å²) in [5.41, 5.74) is 26.1. The Morgan fingerprint density at radius 3 is 0.978 bits per heavy atom. The molecular weight excluding hydrogens is 1100 g/mol. The molecule has 0 atom stereocenters. The van der Waals surface area contributed by atoms with Crippen LogP contribution in [0.3, 0.4) is 0 Å². The minimum Gasteiger partial charge on any atom is -0.308 e. The van der Waals surface area contributed by atoms with Gasteiger partial charge in [0.15, 0.2) is 11.6 Å². The van der Waals surface area contributed by atoms with Gasteiger partial charge in [0.1, 0.15) is 0 Å². The molecule has 3 nitrogen and oxygen atoms in total. The SMILES string of the molecule is CC(C)c1cccc(C(C)C)c1-c1ccc2c(c1)C(C)(C)C1(C)c3c-2c2c4cc5c(cc4n4c6cc7c(cc6c(c3-c3ccc(-c6c(C(C)C)cccc6C(C)C)cc3C1(C)C)c24)C1(C(C)C)CCC(C(C)C)(CC1)C7=O)C(=O)C1(C(C)C)CCC5(C(C)C)CC1.